The van der Waals surface area contributed by atoms with Crippen LogP contribution in [0.3, 0.4) is 0 Å². The van der Waals surface area contributed by atoms with Crippen LogP contribution in [0.25, 0.3) is 6.08 Å². The van der Waals surface area contributed by atoms with E-state index in [1.54, 1.807) is 72.8 Å². The Morgan fingerprint density at radius 1 is 0.871 bits per heavy atom. The quantitative estimate of drug-likeness (QED) is 0.469. The minimum atomic E-state index is -4.03. The highest BCUT2D eigenvalue weighted by atomic mass is 35.5. The van der Waals surface area contributed by atoms with Crippen molar-refractivity contribution >= 4 is 50.7 Å². The topological polar surface area (TPSA) is 63.7 Å². The van der Waals surface area contributed by atoms with E-state index >= 15 is 0 Å². The molecular formula is C23H17Cl2NO4S. The van der Waals surface area contributed by atoms with Gasteiger partial charge in [0, 0.05) is 15.7 Å². The molecule has 0 aliphatic carbocycles. The number of carbonyl (C=O) groups excluding carboxylic acids is 1. The Balaban J connectivity index is 1.88. The van der Waals surface area contributed by atoms with Crippen LogP contribution in [0.2, 0.25) is 10.0 Å². The Morgan fingerprint density at radius 3 is 1.97 bits per heavy atom. The monoisotopic (exact) mass is 473 g/mol. The summed E-state index contributed by atoms with van der Waals surface area (Å²) in [5, 5.41) is -0.232. The third-order valence-corrected chi connectivity index (χ3v) is 7.42. The van der Waals surface area contributed by atoms with Crippen molar-refractivity contribution in [3.63, 3.8) is 0 Å². The average molecular weight is 474 g/mol. The first-order valence-electron chi connectivity index (χ1n) is 9.25. The summed E-state index contributed by atoms with van der Waals surface area (Å²) in [5.74, 6) is -0.0155. The Bertz CT molecular complexity index is 1250. The lowest BCUT2D eigenvalue weighted by Crippen LogP contribution is -2.28. The summed E-state index contributed by atoms with van der Waals surface area (Å²) in [7, 11) is -2.50. The number of hydrogen-bond donors (Lipinski definition) is 0. The number of rotatable bonds is 4. The van der Waals surface area contributed by atoms with Crippen molar-refractivity contribution in [1.29, 1.82) is 0 Å². The molecule has 8 heteroatoms. The molecule has 1 fully saturated rings. The zero-order valence-corrected chi connectivity index (χ0v) is 18.7. The van der Waals surface area contributed by atoms with Crippen LogP contribution in [-0.4, -0.2) is 21.4 Å². The van der Waals surface area contributed by atoms with Gasteiger partial charge in [-0.05, 0) is 65.7 Å². The molecule has 0 spiro atoms. The third-order valence-electron chi connectivity index (χ3n) is 4.94. The number of methoxy groups -OCH3 is 1. The van der Waals surface area contributed by atoms with E-state index in [0.29, 0.717) is 32.6 Å². The Labute approximate surface area is 190 Å². The molecule has 3 aromatic rings. The molecule has 1 heterocycles. The summed E-state index contributed by atoms with van der Waals surface area (Å²) in [6, 6.07) is 19.7. The maximum absolute atomic E-state index is 13.6. The number of anilines is 1. The van der Waals surface area contributed by atoms with Crippen molar-refractivity contribution in [3.05, 3.63) is 98.9 Å². The van der Waals surface area contributed by atoms with Crippen LogP contribution in [0.4, 0.5) is 5.69 Å². The molecule has 0 aromatic heterocycles. The van der Waals surface area contributed by atoms with Crippen LogP contribution >= 0.6 is 23.2 Å². The highest BCUT2D eigenvalue weighted by Gasteiger charge is 2.50. The molecule has 3 aromatic carbocycles. The summed E-state index contributed by atoms with van der Waals surface area (Å²) >= 11 is 11.9. The van der Waals surface area contributed by atoms with Gasteiger partial charge >= 0.3 is 0 Å². The fourth-order valence-corrected chi connectivity index (χ4v) is 5.56. The molecule has 1 atom stereocenters. The van der Waals surface area contributed by atoms with Gasteiger partial charge in [-0.15, -0.1) is 0 Å². The maximum Gasteiger partial charge on any atom is 0.271 e. The molecule has 1 aliphatic heterocycles. The van der Waals surface area contributed by atoms with Gasteiger partial charge in [-0.2, -0.15) is 0 Å². The second-order valence-electron chi connectivity index (χ2n) is 6.88. The normalized spacial score (nSPS) is 19.1. The predicted molar refractivity (Wildman–Crippen MR) is 123 cm³/mol. The first-order chi connectivity index (χ1) is 14.8. The highest BCUT2D eigenvalue weighted by Crippen LogP contribution is 2.44. The lowest BCUT2D eigenvalue weighted by Gasteiger charge is -2.23. The van der Waals surface area contributed by atoms with E-state index in [2.05, 4.69) is 0 Å². The minimum absolute atomic E-state index is 0.286. The van der Waals surface area contributed by atoms with Crippen LogP contribution in [0, 0.1) is 0 Å². The molecule has 1 unspecified atom stereocenters. The van der Waals surface area contributed by atoms with Crippen molar-refractivity contribution in [3.8, 4) is 5.75 Å². The molecule has 1 amide bonds. The number of halogens is 2. The van der Waals surface area contributed by atoms with Gasteiger partial charge in [-0.3, -0.25) is 9.69 Å². The molecule has 5 nitrogen and oxygen atoms in total. The van der Waals surface area contributed by atoms with E-state index in [0.717, 1.165) is 0 Å². The number of ether oxygens (including phenoxy) is 1. The molecular weight excluding hydrogens is 457 g/mol. The first kappa shape index (κ1) is 21.4. The summed E-state index contributed by atoms with van der Waals surface area (Å²) in [6.07, 6.45) is 1.38. The molecule has 158 valence electrons. The van der Waals surface area contributed by atoms with Gasteiger partial charge < -0.3 is 4.74 Å². The van der Waals surface area contributed by atoms with Gasteiger partial charge in [-0.25, -0.2) is 8.42 Å². The summed E-state index contributed by atoms with van der Waals surface area (Å²) < 4.78 is 32.3. The zero-order chi connectivity index (χ0) is 22.2. The molecule has 1 saturated heterocycles. The molecule has 0 radical (unpaired) electrons. The van der Waals surface area contributed by atoms with Crippen molar-refractivity contribution in [2.75, 3.05) is 12.0 Å². The fourth-order valence-electron chi connectivity index (χ4n) is 3.41. The van der Waals surface area contributed by atoms with Crippen LogP contribution < -0.4 is 9.64 Å². The number of carbonyl (C=O) groups is 1. The predicted octanol–water partition coefficient (Wildman–Crippen LogP) is 5.50. The van der Waals surface area contributed by atoms with Crippen LogP contribution in [0.15, 0.2) is 77.7 Å². The summed E-state index contributed by atoms with van der Waals surface area (Å²) in [4.78, 5) is 14.4. The smallest absolute Gasteiger partial charge is 0.271 e. The van der Waals surface area contributed by atoms with Crippen LogP contribution in [0.1, 0.15) is 16.5 Å². The lowest BCUT2D eigenvalue weighted by atomic mass is 10.1. The van der Waals surface area contributed by atoms with Crippen molar-refractivity contribution in [2.24, 2.45) is 0 Å². The Hall–Kier alpha value is -2.80. The molecule has 4 rings (SSSR count). The Kier molecular flexibility index (Phi) is 5.79. The average Bonchev–Trinajstić information content (AvgIpc) is 2.96. The van der Waals surface area contributed by atoms with Crippen molar-refractivity contribution in [1.82, 2.24) is 0 Å². The largest absolute Gasteiger partial charge is 0.497 e. The lowest BCUT2D eigenvalue weighted by molar-refractivity contribution is -0.114. The summed E-state index contributed by atoms with van der Waals surface area (Å²) in [6.45, 7) is 0. The number of nitrogens with zero attached hydrogens (tertiary/aromatic N) is 1. The van der Waals surface area contributed by atoms with E-state index in [9.17, 15) is 13.2 Å². The van der Waals surface area contributed by atoms with Gasteiger partial charge in [0.15, 0.2) is 5.37 Å². The third kappa shape index (κ3) is 4.06. The number of benzene rings is 3. The number of hydrogen-bond acceptors (Lipinski definition) is 4. The van der Waals surface area contributed by atoms with Gasteiger partial charge in [0.2, 0.25) is 9.84 Å². The zero-order valence-electron chi connectivity index (χ0n) is 16.3. The number of amides is 1. The standard InChI is InChI=1S/C23H17Cl2NO4S/c1-30-20-12-10-19(11-13-20)26-22(27)21(14-15-2-6-17(24)7-3-15)31(28,29)23(26)16-4-8-18(25)9-5-16/h2-14,23H,1H3/b21-14+. The van der Waals surface area contributed by atoms with Crippen molar-refractivity contribution < 1.29 is 17.9 Å². The van der Waals surface area contributed by atoms with Crippen LogP contribution in [-0.2, 0) is 14.6 Å². The van der Waals surface area contributed by atoms with E-state index in [-0.39, 0.29) is 4.91 Å². The van der Waals surface area contributed by atoms with Crippen molar-refractivity contribution in [2.45, 2.75) is 5.37 Å². The second-order valence-corrected chi connectivity index (χ2v) is 9.73. The highest BCUT2D eigenvalue weighted by molar-refractivity contribution is 7.97. The van der Waals surface area contributed by atoms with Gasteiger partial charge in [-0.1, -0.05) is 47.5 Å². The SMILES string of the molecule is COc1ccc(N2C(=O)/C(=C\c3ccc(Cl)cc3)S(=O)(=O)C2c2ccc(Cl)cc2)cc1. The van der Waals surface area contributed by atoms with Gasteiger partial charge in [0.25, 0.3) is 5.91 Å². The molecule has 0 N–H and O–H groups in total. The first-order valence-corrected chi connectivity index (χ1v) is 11.6. The van der Waals surface area contributed by atoms with E-state index < -0.39 is 21.1 Å². The maximum atomic E-state index is 13.6. The van der Waals surface area contributed by atoms with Gasteiger partial charge in [0.1, 0.15) is 10.7 Å². The van der Waals surface area contributed by atoms with E-state index in [1.165, 1.54) is 18.1 Å². The Morgan fingerprint density at radius 2 is 1.42 bits per heavy atom. The molecule has 0 bridgehead atoms. The fraction of sp³-hybridized carbons (Fsp3) is 0.0870. The second kappa shape index (κ2) is 8.38. The van der Waals surface area contributed by atoms with Crippen LogP contribution in [0.5, 0.6) is 5.75 Å². The minimum Gasteiger partial charge on any atom is -0.497 e. The summed E-state index contributed by atoms with van der Waals surface area (Å²) in [5.41, 5.74) is 1.43. The van der Waals surface area contributed by atoms with E-state index in [1.807, 2.05) is 0 Å². The molecule has 31 heavy (non-hydrogen) atoms. The van der Waals surface area contributed by atoms with Gasteiger partial charge in [0.05, 0.1) is 7.11 Å². The molecule has 0 saturated carbocycles. The van der Waals surface area contributed by atoms with E-state index in [4.69, 9.17) is 27.9 Å². The molecule has 1 aliphatic rings. The number of sulfone groups is 1.